The quantitative estimate of drug-likeness (QED) is 0.396. The molecule has 0 atom stereocenters. The SMILES string of the molecule is Cc1ccc2[nH]ncc2c1-c1cc(CO)cc(C(=O)NCc2ccc(Cl)c(Cl)c2)c1. The number of amides is 1. The van der Waals surface area contributed by atoms with Gasteiger partial charge in [-0.2, -0.15) is 5.10 Å². The van der Waals surface area contributed by atoms with Crippen molar-refractivity contribution in [1.82, 2.24) is 15.5 Å². The highest BCUT2D eigenvalue weighted by atomic mass is 35.5. The first kappa shape index (κ1) is 20.4. The van der Waals surface area contributed by atoms with Crippen LogP contribution in [0.1, 0.15) is 27.0 Å². The molecule has 3 aromatic carbocycles. The number of fused-ring (bicyclic) bond motifs is 1. The van der Waals surface area contributed by atoms with E-state index in [-0.39, 0.29) is 12.5 Å². The summed E-state index contributed by atoms with van der Waals surface area (Å²) in [5, 5.41) is 21.6. The highest BCUT2D eigenvalue weighted by molar-refractivity contribution is 6.42. The molecule has 4 rings (SSSR count). The van der Waals surface area contributed by atoms with Crippen LogP contribution in [0.3, 0.4) is 0 Å². The van der Waals surface area contributed by atoms with E-state index < -0.39 is 0 Å². The number of aliphatic hydroxyl groups is 1. The van der Waals surface area contributed by atoms with Crippen LogP contribution in [0, 0.1) is 6.92 Å². The van der Waals surface area contributed by atoms with Crippen LogP contribution in [0.25, 0.3) is 22.0 Å². The van der Waals surface area contributed by atoms with Crippen molar-refractivity contribution in [3.8, 4) is 11.1 Å². The van der Waals surface area contributed by atoms with Crippen molar-refractivity contribution in [2.75, 3.05) is 0 Å². The van der Waals surface area contributed by atoms with Gasteiger partial charge in [0.25, 0.3) is 5.91 Å². The summed E-state index contributed by atoms with van der Waals surface area (Å²) in [4.78, 5) is 12.8. The molecule has 5 nitrogen and oxygen atoms in total. The van der Waals surface area contributed by atoms with E-state index in [1.165, 1.54) is 0 Å². The minimum Gasteiger partial charge on any atom is -0.392 e. The number of hydrogen-bond donors (Lipinski definition) is 3. The number of aliphatic hydroxyl groups excluding tert-OH is 1. The number of aromatic nitrogens is 2. The first-order valence-corrected chi connectivity index (χ1v) is 10.1. The van der Waals surface area contributed by atoms with Gasteiger partial charge in [0, 0.05) is 17.5 Å². The monoisotopic (exact) mass is 439 g/mol. The van der Waals surface area contributed by atoms with Crippen LogP contribution in [-0.2, 0) is 13.2 Å². The number of nitrogens with zero attached hydrogens (tertiary/aromatic N) is 1. The van der Waals surface area contributed by atoms with Gasteiger partial charge in [-0.15, -0.1) is 0 Å². The molecule has 0 saturated carbocycles. The van der Waals surface area contributed by atoms with Crippen molar-refractivity contribution in [3.63, 3.8) is 0 Å². The van der Waals surface area contributed by atoms with E-state index in [0.29, 0.717) is 27.7 Å². The molecule has 1 aromatic heterocycles. The Labute approximate surface area is 183 Å². The van der Waals surface area contributed by atoms with Crippen LogP contribution in [0.5, 0.6) is 0 Å². The maximum Gasteiger partial charge on any atom is 0.251 e. The van der Waals surface area contributed by atoms with E-state index in [9.17, 15) is 9.90 Å². The van der Waals surface area contributed by atoms with Gasteiger partial charge in [-0.25, -0.2) is 0 Å². The minimum absolute atomic E-state index is 0.165. The molecular weight excluding hydrogens is 421 g/mol. The Balaban J connectivity index is 1.67. The molecule has 0 fully saturated rings. The number of nitrogens with one attached hydrogen (secondary N) is 2. The second kappa shape index (κ2) is 8.48. The van der Waals surface area contributed by atoms with Crippen molar-refractivity contribution in [2.24, 2.45) is 0 Å². The third-order valence-corrected chi connectivity index (χ3v) is 5.73. The Morgan fingerprint density at radius 3 is 2.67 bits per heavy atom. The molecule has 0 aliphatic rings. The zero-order chi connectivity index (χ0) is 21.3. The van der Waals surface area contributed by atoms with Crippen molar-refractivity contribution in [3.05, 3.63) is 87.0 Å². The van der Waals surface area contributed by atoms with Crippen LogP contribution in [0.15, 0.2) is 54.7 Å². The molecule has 0 unspecified atom stereocenters. The zero-order valence-electron chi connectivity index (χ0n) is 16.2. The molecule has 0 bridgehead atoms. The van der Waals surface area contributed by atoms with E-state index in [4.69, 9.17) is 23.2 Å². The molecule has 30 heavy (non-hydrogen) atoms. The Hall–Kier alpha value is -2.86. The van der Waals surface area contributed by atoms with Crippen LogP contribution < -0.4 is 5.32 Å². The molecule has 3 N–H and O–H groups in total. The largest absolute Gasteiger partial charge is 0.392 e. The smallest absolute Gasteiger partial charge is 0.251 e. The molecule has 7 heteroatoms. The number of carbonyl (C=O) groups excluding carboxylic acids is 1. The van der Waals surface area contributed by atoms with E-state index in [1.807, 2.05) is 37.3 Å². The van der Waals surface area contributed by atoms with Gasteiger partial charge >= 0.3 is 0 Å². The van der Waals surface area contributed by atoms with E-state index >= 15 is 0 Å². The number of carbonyl (C=O) groups is 1. The number of hydrogen-bond acceptors (Lipinski definition) is 3. The summed E-state index contributed by atoms with van der Waals surface area (Å²) >= 11 is 12.0. The Bertz CT molecular complexity index is 1250. The maximum atomic E-state index is 12.8. The van der Waals surface area contributed by atoms with Crippen molar-refractivity contribution in [1.29, 1.82) is 0 Å². The van der Waals surface area contributed by atoms with Gasteiger partial charge in [-0.3, -0.25) is 9.89 Å². The lowest BCUT2D eigenvalue weighted by molar-refractivity contribution is 0.0950. The molecule has 0 radical (unpaired) electrons. The number of aryl methyl sites for hydroxylation is 1. The van der Waals surface area contributed by atoms with Gasteiger partial charge in [-0.05, 0) is 71.1 Å². The second-order valence-corrected chi connectivity index (χ2v) is 7.91. The number of aromatic amines is 1. The van der Waals surface area contributed by atoms with E-state index in [1.54, 1.807) is 24.4 Å². The fourth-order valence-corrected chi connectivity index (χ4v) is 3.82. The van der Waals surface area contributed by atoms with Gasteiger partial charge in [0.1, 0.15) is 0 Å². The molecule has 152 valence electrons. The van der Waals surface area contributed by atoms with Gasteiger partial charge < -0.3 is 10.4 Å². The summed E-state index contributed by atoms with van der Waals surface area (Å²) in [5.74, 6) is -0.241. The topological polar surface area (TPSA) is 78.0 Å². The molecular formula is C23H19Cl2N3O2. The first-order valence-electron chi connectivity index (χ1n) is 9.36. The third-order valence-electron chi connectivity index (χ3n) is 5.00. The van der Waals surface area contributed by atoms with E-state index in [0.717, 1.165) is 33.2 Å². The van der Waals surface area contributed by atoms with Crippen molar-refractivity contribution >= 4 is 40.0 Å². The Kier molecular flexibility index (Phi) is 5.77. The summed E-state index contributed by atoms with van der Waals surface area (Å²) < 4.78 is 0. The lowest BCUT2D eigenvalue weighted by atomic mass is 9.94. The molecule has 1 heterocycles. The fourth-order valence-electron chi connectivity index (χ4n) is 3.50. The molecule has 1 amide bonds. The summed E-state index contributed by atoms with van der Waals surface area (Å²) in [6.07, 6.45) is 1.77. The zero-order valence-corrected chi connectivity index (χ0v) is 17.7. The normalized spacial score (nSPS) is 11.1. The molecule has 0 aliphatic heterocycles. The van der Waals surface area contributed by atoms with Gasteiger partial charge in [-0.1, -0.05) is 35.3 Å². The van der Waals surface area contributed by atoms with Crippen LogP contribution in [0.2, 0.25) is 10.0 Å². The van der Waals surface area contributed by atoms with E-state index in [2.05, 4.69) is 15.5 Å². The summed E-state index contributed by atoms with van der Waals surface area (Å²) in [6, 6.07) is 14.6. The fraction of sp³-hybridized carbons (Fsp3) is 0.130. The molecule has 0 spiro atoms. The van der Waals surface area contributed by atoms with Crippen LogP contribution in [-0.4, -0.2) is 21.2 Å². The Morgan fingerprint density at radius 2 is 1.90 bits per heavy atom. The minimum atomic E-state index is -0.241. The number of benzene rings is 3. The number of H-pyrrole nitrogens is 1. The highest BCUT2D eigenvalue weighted by Gasteiger charge is 2.14. The maximum absolute atomic E-state index is 12.8. The Morgan fingerprint density at radius 1 is 1.07 bits per heavy atom. The number of halogens is 2. The van der Waals surface area contributed by atoms with Crippen LogP contribution in [0.4, 0.5) is 0 Å². The third kappa shape index (κ3) is 4.05. The molecule has 0 aliphatic carbocycles. The van der Waals surface area contributed by atoms with Crippen LogP contribution >= 0.6 is 23.2 Å². The second-order valence-electron chi connectivity index (χ2n) is 7.10. The predicted molar refractivity (Wildman–Crippen MR) is 120 cm³/mol. The molecule has 0 saturated heterocycles. The summed E-state index contributed by atoms with van der Waals surface area (Å²) in [6.45, 7) is 2.16. The lowest BCUT2D eigenvalue weighted by Crippen LogP contribution is -2.23. The predicted octanol–water partition coefficient (Wildman–Crippen LogP) is 5.27. The first-order chi connectivity index (χ1) is 14.5. The standard InChI is InChI=1S/C23H19Cl2N3O2/c1-13-2-5-21-18(11-27-28-21)22(13)16-6-15(12-29)7-17(9-16)23(30)26-10-14-3-4-19(24)20(25)8-14/h2-9,11,29H,10,12H2,1H3,(H,26,30)(H,27,28). The summed E-state index contributed by atoms with van der Waals surface area (Å²) in [7, 11) is 0. The van der Waals surface area contributed by atoms with Gasteiger partial charge in [0.05, 0.1) is 28.4 Å². The average Bonchev–Trinajstić information content (AvgIpc) is 3.22. The highest BCUT2D eigenvalue weighted by Crippen LogP contribution is 2.32. The van der Waals surface area contributed by atoms with Gasteiger partial charge in [0.2, 0.25) is 0 Å². The molecule has 4 aromatic rings. The average molecular weight is 440 g/mol. The van der Waals surface area contributed by atoms with Gasteiger partial charge in [0.15, 0.2) is 0 Å². The number of rotatable bonds is 5. The van der Waals surface area contributed by atoms with Crippen molar-refractivity contribution in [2.45, 2.75) is 20.1 Å². The lowest BCUT2D eigenvalue weighted by Gasteiger charge is -2.13. The summed E-state index contributed by atoms with van der Waals surface area (Å²) in [5.41, 5.74) is 5.77. The van der Waals surface area contributed by atoms with Crippen molar-refractivity contribution < 1.29 is 9.90 Å².